The van der Waals surface area contributed by atoms with Gasteiger partial charge in [0.05, 0.1) is 11.7 Å². The van der Waals surface area contributed by atoms with Crippen molar-refractivity contribution in [3.63, 3.8) is 0 Å². The Hall–Kier alpha value is -2.18. The van der Waals surface area contributed by atoms with Crippen LogP contribution in [0.3, 0.4) is 0 Å². The first-order chi connectivity index (χ1) is 16.6. The fraction of sp³-hybridized carbons (Fsp3) is 0.586. The number of hydrogen-bond donors (Lipinski definition) is 0. The average molecular weight is 494 g/mol. The van der Waals surface area contributed by atoms with Crippen LogP contribution < -0.4 is 0 Å². The normalized spacial score (nSPS) is 30.0. The minimum atomic E-state index is -1.76. The monoisotopic (exact) mass is 493 g/mol. The molecule has 5 nitrogen and oxygen atoms in total. The summed E-state index contributed by atoms with van der Waals surface area (Å²) in [6.07, 6.45) is 7.98. The first-order valence-electron chi connectivity index (χ1n) is 13.2. The lowest BCUT2D eigenvalue weighted by atomic mass is 9.81. The van der Waals surface area contributed by atoms with Crippen molar-refractivity contribution in [2.75, 3.05) is 13.2 Å². The van der Waals surface area contributed by atoms with Crippen molar-refractivity contribution in [2.24, 2.45) is 23.7 Å². The maximum Gasteiger partial charge on any atom is 0.415 e. The number of fused-ring (bicyclic) bond motifs is 5. The molecule has 0 radical (unpaired) electrons. The van der Waals surface area contributed by atoms with Crippen LogP contribution in [0.5, 0.6) is 0 Å². The molecule has 0 aromatic heterocycles. The zero-order valence-electron chi connectivity index (χ0n) is 21.8. The number of cyclic esters (lactones) is 1. The highest BCUT2D eigenvalue weighted by Crippen LogP contribution is 2.58. The molecule has 2 bridgehead atoms. The molecule has 6 heteroatoms. The Morgan fingerprint density at radius 3 is 2.40 bits per heavy atom. The molecule has 0 N–H and O–H groups in total. The molecule has 3 aliphatic carbocycles. The van der Waals surface area contributed by atoms with Gasteiger partial charge in [0.25, 0.3) is 0 Å². The van der Waals surface area contributed by atoms with E-state index >= 15 is 0 Å². The van der Waals surface area contributed by atoms with E-state index in [4.69, 9.17) is 9.16 Å². The maximum absolute atomic E-state index is 13.9. The van der Waals surface area contributed by atoms with Crippen molar-refractivity contribution >= 4 is 20.2 Å². The van der Waals surface area contributed by atoms with E-state index in [0.29, 0.717) is 17.5 Å². The molecule has 1 heterocycles. The van der Waals surface area contributed by atoms with Crippen molar-refractivity contribution in [3.8, 4) is 0 Å². The molecule has 2 fully saturated rings. The summed E-state index contributed by atoms with van der Waals surface area (Å²) in [5.41, 5.74) is 2.84. The minimum Gasteiger partial charge on any atom is -0.447 e. The summed E-state index contributed by atoms with van der Waals surface area (Å²) in [6.45, 7) is 12.4. The van der Waals surface area contributed by atoms with Crippen molar-refractivity contribution < 1.29 is 18.8 Å². The summed E-state index contributed by atoms with van der Waals surface area (Å²) < 4.78 is 11.9. The zero-order valence-corrected chi connectivity index (χ0v) is 22.8. The highest BCUT2D eigenvalue weighted by atomic mass is 28.4. The highest BCUT2D eigenvalue weighted by Gasteiger charge is 2.57. The lowest BCUT2D eigenvalue weighted by molar-refractivity contribution is -0.120. The molecule has 188 valence electrons. The number of allylic oxidation sites excluding steroid dienone is 4. The lowest BCUT2D eigenvalue weighted by Gasteiger charge is -2.36. The molecule has 1 aliphatic heterocycles. The number of hydrogen-bond acceptors (Lipinski definition) is 4. The second-order valence-electron chi connectivity index (χ2n) is 12.2. The van der Waals surface area contributed by atoms with Gasteiger partial charge in [-0.2, -0.15) is 0 Å². The predicted molar refractivity (Wildman–Crippen MR) is 139 cm³/mol. The minimum absolute atomic E-state index is 0.0108. The standard InChI is InChI=1S/C29H39NO4Si/c1-29(2,3)35(4,5)34-16-10-9-13-22-24-20-14-15-21(17-20)25(24)27(31)26(22)30-23(18-33-28(30)32)19-11-7-6-8-12-19/h6-8,11-12,14-15,20-21,23-25H,9-10,13,16-18H2,1-5H3/t20-,21+,23+,24+,25+/m1/s1. The number of Topliss-reactive ketones (excluding diaryl/α,β-unsaturated/α-hetero) is 1. The highest BCUT2D eigenvalue weighted by molar-refractivity contribution is 6.74. The third-order valence-electron chi connectivity index (χ3n) is 9.11. The van der Waals surface area contributed by atoms with E-state index < -0.39 is 8.32 Å². The first kappa shape index (κ1) is 24.5. The number of ketones is 1. The van der Waals surface area contributed by atoms with Gasteiger partial charge < -0.3 is 9.16 Å². The van der Waals surface area contributed by atoms with Gasteiger partial charge in [-0.15, -0.1) is 0 Å². The van der Waals surface area contributed by atoms with Crippen LogP contribution >= 0.6 is 0 Å². The molecule has 35 heavy (non-hydrogen) atoms. The molecule has 0 unspecified atom stereocenters. The Labute approximate surface area is 210 Å². The second-order valence-corrected chi connectivity index (χ2v) is 17.0. The third kappa shape index (κ3) is 4.23. The Balaban J connectivity index is 1.38. The molecule has 5 rings (SSSR count). The smallest absolute Gasteiger partial charge is 0.415 e. The quantitative estimate of drug-likeness (QED) is 0.231. The van der Waals surface area contributed by atoms with Gasteiger partial charge in [-0.3, -0.25) is 9.69 Å². The van der Waals surface area contributed by atoms with Gasteiger partial charge in [0.1, 0.15) is 6.61 Å². The number of unbranched alkanes of at least 4 members (excludes halogenated alkanes) is 1. The maximum atomic E-state index is 13.9. The number of ether oxygens (including phenoxy) is 1. The van der Waals surface area contributed by atoms with Gasteiger partial charge in [-0.1, -0.05) is 63.3 Å². The zero-order chi connectivity index (χ0) is 25.0. The van der Waals surface area contributed by atoms with Gasteiger partial charge in [0.2, 0.25) is 0 Å². The molecule has 0 spiro atoms. The molecule has 5 atom stereocenters. The number of nitrogens with zero attached hydrogens (tertiary/aromatic N) is 1. The summed E-state index contributed by atoms with van der Waals surface area (Å²) >= 11 is 0. The van der Waals surface area contributed by atoms with Crippen LogP contribution in [0.1, 0.15) is 58.1 Å². The fourth-order valence-electron chi connectivity index (χ4n) is 6.24. The molecule has 1 saturated carbocycles. The Bertz CT molecular complexity index is 1050. The Kier molecular flexibility index (Phi) is 6.33. The van der Waals surface area contributed by atoms with Crippen LogP contribution in [0.2, 0.25) is 18.1 Å². The topological polar surface area (TPSA) is 55.8 Å². The van der Waals surface area contributed by atoms with E-state index in [1.165, 1.54) is 5.57 Å². The van der Waals surface area contributed by atoms with Gasteiger partial charge in [0.15, 0.2) is 14.1 Å². The summed E-state index contributed by atoms with van der Waals surface area (Å²) in [5, 5.41) is 0.200. The van der Waals surface area contributed by atoms with Crippen LogP contribution in [0.4, 0.5) is 4.79 Å². The Morgan fingerprint density at radius 2 is 1.71 bits per heavy atom. The number of amides is 1. The summed E-state index contributed by atoms with van der Waals surface area (Å²) in [4.78, 5) is 28.6. The van der Waals surface area contributed by atoms with Gasteiger partial charge in [-0.05, 0) is 72.7 Å². The van der Waals surface area contributed by atoms with E-state index in [1.54, 1.807) is 4.90 Å². The van der Waals surface area contributed by atoms with Crippen LogP contribution in [0.15, 0.2) is 53.8 Å². The second kappa shape index (κ2) is 9.04. The summed E-state index contributed by atoms with van der Waals surface area (Å²) in [6, 6.07) is 9.71. The number of carbonyl (C=O) groups is 2. The van der Waals surface area contributed by atoms with E-state index in [2.05, 4.69) is 46.0 Å². The van der Waals surface area contributed by atoms with Crippen LogP contribution in [-0.4, -0.2) is 38.3 Å². The van der Waals surface area contributed by atoms with Crippen molar-refractivity contribution in [1.82, 2.24) is 4.90 Å². The van der Waals surface area contributed by atoms with E-state index in [1.807, 2.05) is 30.3 Å². The molecule has 1 aromatic carbocycles. The van der Waals surface area contributed by atoms with E-state index in [9.17, 15) is 9.59 Å². The van der Waals surface area contributed by atoms with Crippen molar-refractivity contribution in [2.45, 2.75) is 70.6 Å². The largest absolute Gasteiger partial charge is 0.447 e. The van der Waals surface area contributed by atoms with Crippen molar-refractivity contribution in [1.29, 1.82) is 0 Å². The Morgan fingerprint density at radius 1 is 1.03 bits per heavy atom. The summed E-state index contributed by atoms with van der Waals surface area (Å²) in [7, 11) is -1.76. The predicted octanol–water partition coefficient (Wildman–Crippen LogP) is 6.65. The number of rotatable bonds is 8. The third-order valence-corrected chi connectivity index (χ3v) is 13.6. The molecule has 1 aromatic rings. The molecule has 1 saturated heterocycles. The fourth-order valence-corrected chi connectivity index (χ4v) is 7.33. The van der Waals surface area contributed by atoms with Gasteiger partial charge in [0, 0.05) is 12.5 Å². The SMILES string of the molecule is CC(C)(C)[Si](C)(C)OCCCCC1=C(N2C(=O)OC[C@H]2c2ccccc2)C(=O)[C@@H]2[C@H]1[C@@H]1C=C[C@H]2C1. The van der Waals surface area contributed by atoms with Crippen LogP contribution in [0.25, 0.3) is 0 Å². The van der Waals surface area contributed by atoms with E-state index in [0.717, 1.165) is 37.9 Å². The molecular formula is C29H39NO4Si. The van der Waals surface area contributed by atoms with Gasteiger partial charge in [-0.25, -0.2) is 4.79 Å². The first-order valence-corrected chi connectivity index (χ1v) is 16.1. The van der Waals surface area contributed by atoms with E-state index in [-0.39, 0.29) is 41.4 Å². The van der Waals surface area contributed by atoms with Crippen LogP contribution in [0, 0.1) is 23.7 Å². The number of carbonyl (C=O) groups excluding carboxylic acids is 2. The number of benzene rings is 1. The van der Waals surface area contributed by atoms with Gasteiger partial charge >= 0.3 is 6.09 Å². The van der Waals surface area contributed by atoms with Crippen LogP contribution in [-0.2, 0) is 14.0 Å². The van der Waals surface area contributed by atoms with Crippen molar-refractivity contribution in [3.05, 3.63) is 59.3 Å². The molecular weight excluding hydrogens is 454 g/mol. The molecule has 1 amide bonds. The molecule has 4 aliphatic rings. The summed E-state index contributed by atoms with van der Waals surface area (Å²) in [5.74, 6) is 1.10. The average Bonchev–Trinajstić information content (AvgIpc) is 3.56. The lowest BCUT2D eigenvalue weighted by Crippen LogP contribution is -2.40.